The van der Waals surface area contributed by atoms with Gasteiger partial charge >= 0.3 is 202 Å². The fourth-order valence-corrected chi connectivity index (χ4v) is 22.6. The molecule has 1 aromatic rings. The zero-order valence-corrected chi connectivity index (χ0v) is 24.2. The summed E-state index contributed by atoms with van der Waals surface area (Å²) in [6.45, 7) is 7.04. The predicted octanol–water partition coefficient (Wildman–Crippen LogP) is 6.48. The van der Waals surface area contributed by atoms with Crippen molar-refractivity contribution in [1.82, 2.24) is 4.90 Å². The molecule has 2 fully saturated rings. The van der Waals surface area contributed by atoms with Crippen molar-refractivity contribution in [2.45, 2.75) is 110 Å². The number of nitrogens with zero attached hydrogens (tertiary/aromatic N) is 1. The summed E-state index contributed by atoms with van der Waals surface area (Å²) >= 11 is -2.40. The monoisotopic (exact) mass is 549 g/mol. The Hall–Kier alpha value is -0.551. The Bertz CT molecular complexity index is 697. The van der Waals surface area contributed by atoms with Gasteiger partial charge < -0.3 is 0 Å². The minimum atomic E-state index is -2.40. The van der Waals surface area contributed by atoms with Crippen LogP contribution in [-0.4, -0.2) is 55.5 Å². The molecule has 2 heterocycles. The van der Waals surface area contributed by atoms with Gasteiger partial charge in [-0.15, -0.1) is 0 Å². The van der Waals surface area contributed by atoms with Gasteiger partial charge in [-0.2, -0.15) is 0 Å². The van der Waals surface area contributed by atoms with Crippen LogP contribution in [-0.2, 0) is 9.53 Å². The Morgan fingerprint density at radius 3 is 2.03 bits per heavy atom. The number of carbonyl (C=O) groups excluding carboxylic acids is 1. The van der Waals surface area contributed by atoms with Crippen molar-refractivity contribution in [3.8, 4) is 0 Å². The summed E-state index contributed by atoms with van der Waals surface area (Å²) in [4.78, 5) is 15.3. The number of fused-ring (bicyclic) bond motifs is 2. The van der Waals surface area contributed by atoms with E-state index < -0.39 is 18.4 Å². The molecule has 3 rings (SSSR count). The summed E-state index contributed by atoms with van der Waals surface area (Å²) in [6, 6.07) is 10.8. The molecular weight excluding hydrogens is 501 g/mol. The van der Waals surface area contributed by atoms with Crippen molar-refractivity contribution in [1.29, 1.82) is 0 Å². The van der Waals surface area contributed by atoms with Gasteiger partial charge in [0.15, 0.2) is 0 Å². The summed E-state index contributed by atoms with van der Waals surface area (Å²) in [5.74, 6) is 0.263. The molecule has 4 atom stereocenters. The number of ether oxygens (including phenoxy) is 1. The molecular formula is C28H47NO2Sn. The van der Waals surface area contributed by atoms with Crippen LogP contribution in [0.4, 0.5) is 0 Å². The Kier molecular flexibility index (Phi) is 9.97. The van der Waals surface area contributed by atoms with Crippen molar-refractivity contribution < 1.29 is 9.53 Å². The van der Waals surface area contributed by atoms with Gasteiger partial charge in [-0.1, -0.05) is 0 Å². The third-order valence-electron chi connectivity index (χ3n) is 8.72. The zero-order valence-electron chi connectivity index (χ0n) is 21.4. The first-order chi connectivity index (χ1) is 15.5. The van der Waals surface area contributed by atoms with Crippen LogP contribution in [0.15, 0.2) is 24.3 Å². The van der Waals surface area contributed by atoms with Gasteiger partial charge in [0, 0.05) is 0 Å². The van der Waals surface area contributed by atoms with E-state index in [0.29, 0.717) is 18.0 Å². The van der Waals surface area contributed by atoms with Crippen LogP contribution in [0.25, 0.3) is 0 Å². The first-order valence-electron chi connectivity index (χ1n) is 13.4. The number of rotatable bonds is 12. The van der Waals surface area contributed by atoms with E-state index in [9.17, 15) is 4.79 Å². The molecule has 2 saturated heterocycles. The molecule has 0 radical (unpaired) electrons. The molecule has 3 nitrogen and oxygen atoms in total. The Labute approximate surface area is 201 Å². The fraction of sp³-hybridized carbons (Fsp3) is 0.750. The van der Waals surface area contributed by atoms with Crippen molar-refractivity contribution in [3.63, 3.8) is 0 Å². The van der Waals surface area contributed by atoms with Gasteiger partial charge in [-0.25, -0.2) is 0 Å². The average molecular weight is 548 g/mol. The Balaban J connectivity index is 1.90. The van der Waals surface area contributed by atoms with Crippen LogP contribution in [0.5, 0.6) is 0 Å². The maximum absolute atomic E-state index is 12.8. The molecule has 32 heavy (non-hydrogen) atoms. The number of esters is 1. The SMILES string of the molecule is CCC[CH2][Sn]([CH2]CCC)([CH2]CCC)[c]1ccc([C@H]2CC3CCC([C@H]2C(=O)OC)N3C)cc1. The van der Waals surface area contributed by atoms with E-state index >= 15 is 0 Å². The number of unbranched alkanes of at least 4 members (excludes halogenated alkanes) is 3. The van der Waals surface area contributed by atoms with Gasteiger partial charge in [-0.3, -0.25) is 0 Å². The van der Waals surface area contributed by atoms with Crippen molar-refractivity contribution in [2.75, 3.05) is 14.2 Å². The van der Waals surface area contributed by atoms with Crippen LogP contribution in [0, 0.1) is 5.92 Å². The molecule has 2 bridgehead atoms. The molecule has 2 aliphatic rings. The van der Waals surface area contributed by atoms with Crippen LogP contribution >= 0.6 is 0 Å². The van der Waals surface area contributed by atoms with E-state index in [-0.39, 0.29) is 11.9 Å². The van der Waals surface area contributed by atoms with E-state index in [0.717, 1.165) is 12.8 Å². The van der Waals surface area contributed by atoms with Crippen molar-refractivity contribution in [3.05, 3.63) is 29.8 Å². The molecule has 0 aliphatic carbocycles. The van der Waals surface area contributed by atoms with E-state index in [1.165, 1.54) is 63.8 Å². The van der Waals surface area contributed by atoms with E-state index in [4.69, 9.17) is 4.74 Å². The third-order valence-corrected chi connectivity index (χ3v) is 24.4. The number of hydrogen-bond donors (Lipinski definition) is 0. The molecule has 4 heteroatoms. The van der Waals surface area contributed by atoms with Crippen molar-refractivity contribution in [2.24, 2.45) is 5.92 Å². The predicted molar refractivity (Wildman–Crippen MR) is 138 cm³/mol. The summed E-state index contributed by atoms with van der Waals surface area (Å²) in [6.07, 6.45) is 11.6. The van der Waals surface area contributed by atoms with Gasteiger partial charge in [0.05, 0.1) is 0 Å². The summed E-state index contributed by atoms with van der Waals surface area (Å²) in [5, 5.41) is 0. The van der Waals surface area contributed by atoms with Gasteiger partial charge in [0.2, 0.25) is 0 Å². The van der Waals surface area contributed by atoms with Crippen LogP contribution in [0.1, 0.15) is 90.0 Å². The van der Waals surface area contributed by atoms with E-state index in [1.54, 1.807) is 10.7 Å². The third kappa shape index (κ3) is 5.56. The van der Waals surface area contributed by atoms with E-state index in [1.807, 2.05) is 0 Å². The number of carbonyl (C=O) groups is 1. The van der Waals surface area contributed by atoms with Crippen molar-refractivity contribution >= 4 is 27.9 Å². The second kappa shape index (κ2) is 12.2. The first kappa shape index (κ1) is 26.1. The molecule has 0 amide bonds. The minimum absolute atomic E-state index is 0.0152. The second-order valence-electron chi connectivity index (χ2n) is 10.6. The molecule has 1 aromatic carbocycles. The summed E-state index contributed by atoms with van der Waals surface area (Å²) in [7, 11) is 3.76. The molecule has 180 valence electrons. The number of methoxy groups -OCH3 is 1. The summed E-state index contributed by atoms with van der Waals surface area (Å²) < 4.78 is 11.6. The topological polar surface area (TPSA) is 29.5 Å². The van der Waals surface area contributed by atoms with Crippen LogP contribution < -0.4 is 3.58 Å². The fourth-order valence-electron chi connectivity index (χ4n) is 6.70. The van der Waals surface area contributed by atoms with Gasteiger partial charge in [0.1, 0.15) is 0 Å². The van der Waals surface area contributed by atoms with Crippen LogP contribution in [0.2, 0.25) is 13.3 Å². The Morgan fingerprint density at radius 1 is 0.969 bits per heavy atom. The quantitative estimate of drug-likeness (QED) is 0.221. The first-order valence-corrected chi connectivity index (χ1v) is 20.9. The second-order valence-corrected chi connectivity index (χ2v) is 23.8. The van der Waals surface area contributed by atoms with Gasteiger partial charge in [-0.05, 0) is 0 Å². The summed E-state index contributed by atoms with van der Waals surface area (Å²) in [5.41, 5.74) is 1.37. The Morgan fingerprint density at radius 2 is 1.53 bits per heavy atom. The van der Waals surface area contributed by atoms with E-state index in [2.05, 4.69) is 57.0 Å². The number of piperidine rings is 1. The average Bonchev–Trinajstić information content (AvgIpc) is 3.05. The normalized spacial score (nSPS) is 25.8. The number of benzene rings is 1. The molecule has 0 saturated carbocycles. The molecule has 0 aromatic heterocycles. The molecule has 2 unspecified atom stereocenters. The molecule has 2 aliphatic heterocycles. The molecule has 0 spiro atoms. The molecule has 0 N–H and O–H groups in total. The van der Waals surface area contributed by atoms with Crippen LogP contribution in [0.3, 0.4) is 0 Å². The maximum atomic E-state index is 12.8. The zero-order chi connectivity index (χ0) is 23.1. The van der Waals surface area contributed by atoms with Gasteiger partial charge in [0.25, 0.3) is 0 Å². The standard InChI is InChI=1S/C16H20NO2.3C4H9.Sn/c1-17-12-8-9-14(17)15(16(18)19-2)13(10-12)11-6-4-3-5-7-11;3*1-3-4-2;/h4-7,12-15H,8-10H2,1-2H3;3*1,3-4H2,2H3;/t12?,13-,14?,15+;;;;/m1..../s1. The number of hydrogen-bond acceptors (Lipinski definition) is 3.